The quantitative estimate of drug-likeness (QED) is 0.813. The fourth-order valence-electron chi connectivity index (χ4n) is 3.41. The fourth-order valence-corrected chi connectivity index (χ4v) is 4.12. The van der Waals surface area contributed by atoms with Gasteiger partial charge in [0.25, 0.3) is 0 Å². The number of thiophene rings is 1. The van der Waals surface area contributed by atoms with Crippen LogP contribution in [-0.4, -0.2) is 54.5 Å². The van der Waals surface area contributed by atoms with E-state index >= 15 is 0 Å². The summed E-state index contributed by atoms with van der Waals surface area (Å²) in [5.41, 5.74) is 2.76. The number of hydrogen-bond acceptors (Lipinski definition) is 4. The van der Waals surface area contributed by atoms with Crippen molar-refractivity contribution >= 4 is 17.2 Å². The Labute approximate surface area is 160 Å². The lowest BCUT2D eigenvalue weighted by molar-refractivity contribution is -0.126. The zero-order valence-electron chi connectivity index (χ0n) is 15.8. The molecule has 0 bridgehead atoms. The number of carbonyl (C=O) groups is 1. The van der Waals surface area contributed by atoms with Crippen molar-refractivity contribution in [1.82, 2.24) is 15.1 Å². The molecule has 26 heavy (non-hydrogen) atoms. The topological polar surface area (TPSA) is 35.6 Å². The van der Waals surface area contributed by atoms with Crippen LogP contribution in [0.5, 0.6) is 0 Å². The van der Waals surface area contributed by atoms with E-state index in [-0.39, 0.29) is 11.9 Å². The van der Waals surface area contributed by atoms with Crippen LogP contribution in [0.2, 0.25) is 0 Å². The van der Waals surface area contributed by atoms with Crippen molar-refractivity contribution in [1.29, 1.82) is 0 Å². The largest absolute Gasteiger partial charge is 0.354 e. The van der Waals surface area contributed by atoms with Gasteiger partial charge >= 0.3 is 0 Å². The van der Waals surface area contributed by atoms with Gasteiger partial charge in [-0.3, -0.25) is 14.6 Å². The molecule has 2 heterocycles. The van der Waals surface area contributed by atoms with Crippen LogP contribution >= 0.6 is 11.3 Å². The summed E-state index contributed by atoms with van der Waals surface area (Å²) in [7, 11) is 0. The Balaban J connectivity index is 1.40. The second kappa shape index (κ2) is 9.31. The van der Waals surface area contributed by atoms with Crippen LogP contribution in [0.3, 0.4) is 0 Å². The van der Waals surface area contributed by atoms with Crippen molar-refractivity contribution in [2.45, 2.75) is 32.9 Å². The van der Waals surface area contributed by atoms with Gasteiger partial charge in [-0.05, 0) is 42.8 Å². The van der Waals surface area contributed by atoms with Gasteiger partial charge in [-0.25, -0.2) is 0 Å². The number of benzene rings is 1. The van der Waals surface area contributed by atoms with Crippen molar-refractivity contribution in [2.24, 2.45) is 0 Å². The first-order valence-electron chi connectivity index (χ1n) is 9.44. The summed E-state index contributed by atoms with van der Waals surface area (Å²) in [6, 6.07) is 12.7. The minimum Gasteiger partial charge on any atom is -0.354 e. The van der Waals surface area contributed by atoms with Gasteiger partial charge in [0.15, 0.2) is 0 Å². The molecule has 4 nitrogen and oxygen atoms in total. The van der Waals surface area contributed by atoms with Gasteiger partial charge in [0.1, 0.15) is 0 Å². The molecular weight excluding hydrogens is 342 g/mol. The number of amides is 1. The number of carbonyl (C=O) groups excluding carboxylic acids is 1. The number of nitrogens with zero attached hydrogens (tertiary/aromatic N) is 2. The second-order valence-electron chi connectivity index (χ2n) is 7.03. The molecule has 0 spiro atoms. The Morgan fingerprint density at radius 2 is 1.92 bits per heavy atom. The maximum absolute atomic E-state index is 12.4. The van der Waals surface area contributed by atoms with Gasteiger partial charge in [0, 0.05) is 44.1 Å². The molecule has 1 aromatic carbocycles. The normalized spacial score (nSPS) is 17.2. The minimum atomic E-state index is -0.0565. The van der Waals surface area contributed by atoms with Crippen molar-refractivity contribution in [2.75, 3.05) is 32.7 Å². The molecule has 1 aliphatic heterocycles. The number of nitrogens with one attached hydrogen (secondary N) is 1. The van der Waals surface area contributed by atoms with E-state index in [2.05, 4.69) is 63.8 Å². The van der Waals surface area contributed by atoms with Crippen LogP contribution in [0.15, 0.2) is 41.8 Å². The van der Waals surface area contributed by atoms with E-state index in [1.54, 1.807) is 11.3 Å². The average molecular weight is 372 g/mol. The third-order valence-electron chi connectivity index (χ3n) is 5.24. The van der Waals surface area contributed by atoms with Gasteiger partial charge in [0.2, 0.25) is 5.91 Å². The van der Waals surface area contributed by atoms with E-state index in [9.17, 15) is 4.79 Å². The van der Waals surface area contributed by atoms with Gasteiger partial charge in [-0.1, -0.05) is 30.3 Å². The summed E-state index contributed by atoms with van der Waals surface area (Å²) in [6.45, 7) is 9.85. The smallest absolute Gasteiger partial charge is 0.237 e. The Hall–Kier alpha value is -1.69. The lowest BCUT2D eigenvalue weighted by atomic mass is 10.1. The summed E-state index contributed by atoms with van der Waals surface area (Å²) in [5.74, 6) is 0.147. The molecular formula is C21H29N3OS. The molecule has 1 unspecified atom stereocenters. The van der Waals surface area contributed by atoms with Crippen molar-refractivity contribution in [3.05, 3.63) is 57.8 Å². The molecule has 0 aliphatic carbocycles. The number of piperazine rings is 1. The van der Waals surface area contributed by atoms with Gasteiger partial charge in [0.05, 0.1) is 6.04 Å². The highest BCUT2D eigenvalue weighted by Crippen LogP contribution is 2.14. The lowest BCUT2D eigenvalue weighted by Crippen LogP contribution is -2.53. The van der Waals surface area contributed by atoms with Gasteiger partial charge < -0.3 is 5.32 Å². The molecule has 1 N–H and O–H groups in total. The summed E-state index contributed by atoms with van der Waals surface area (Å²) < 4.78 is 0. The maximum Gasteiger partial charge on any atom is 0.237 e. The average Bonchev–Trinajstić information content (AvgIpc) is 3.17. The maximum atomic E-state index is 12.4. The molecule has 1 saturated heterocycles. The molecule has 1 atom stereocenters. The first kappa shape index (κ1) is 19.1. The molecule has 140 valence electrons. The van der Waals surface area contributed by atoms with Crippen molar-refractivity contribution in [3.8, 4) is 0 Å². The third kappa shape index (κ3) is 5.16. The minimum absolute atomic E-state index is 0.0565. The van der Waals surface area contributed by atoms with Gasteiger partial charge in [-0.2, -0.15) is 0 Å². The van der Waals surface area contributed by atoms with Crippen LogP contribution in [0.4, 0.5) is 0 Å². The Kier molecular flexibility index (Phi) is 6.83. The number of rotatable bonds is 7. The Bertz CT molecular complexity index is 693. The van der Waals surface area contributed by atoms with E-state index in [1.807, 2.05) is 6.92 Å². The first-order chi connectivity index (χ1) is 12.6. The number of aryl methyl sites for hydroxylation is 1. The summed E-state index contributed by atoms with van der Waals surface area (Å²) in [6.07, 6.45) is 0.917. The highest BCUT2D eigenvalue weighted by Gasteiger charge is 2.25. The number of hydrogen-bond donors (Lipinski definition) is 1. The first-order valence-corrected chi connectivity index (χ1v) is 10.3. The molecule has 1 aliphatic rings. The standard InChI is InChI=1S/C21H29N3OS/c1-17-6-3-4-7-19(17)16-23-11-13-24(14-12-23)18(2)21(25)22-10-9-20-8-5-15-26-20/h3-8,15,18H,9-14,16H2,1-2H3,(H,22,25). The zero-order chi connectivity index (χ0) is 18.4. The predicted octanol–water partition coefficient (Wildman–Crippen LogP) is 2.92. The third-order valence-corrected chi connectivity index (χ3v) is 6.18. The van der Waals surface area contributed by atoms with Crippen molar-refractivity contribution in [3.63, 3.8) is 0 Å². The van der Waals surface area contributed by atoms with Crippen LogP contribution in [0, 0.1) is 6.92 Å². The Morgan fingerprint density at radius 3 is 2.62 bits per heavy atom. The van der Waals surface area contributed by atoms with E-state index in [1.165, 1.54) is 16.0 Å². The summed E-state index contributed by atoms with van der Waals surface area (Å²) in [5, 5.41) is 5.17. The fraction of sp³-hybridized carbons (Fsp3) is 0.476. The zero-order valence-corrected chi connectivity index (χ0v) is 16.6. The second-order valence-corrected chi connectivity index (χ2v) is 8.07. The monoisotopic (exact) mass is 371 g/mol. The molecule has 5 heteroatoms. The van der Waals surface area contributed by atoms with Crippen LogP contribution in [-0.2, 0) is 17.8 Å². The van der Waals surface area contributed by atoms with Crippen LogP contribution < -0.4 is 5.32 Å². The van der Waals surface area contributed by atoms with Crippen LogP contribution in [0.25, 0.3) is 0 Å². The molecule has 2 aromatic rings. The highest BCUT2D eigenvalue weighted by molar-refractivity contribution is 7.09. The molecule has 1 aromatic heterocycles. The SMILES string of the molecule is Cc1ccccc1CN1CCN(C(C)C(=O)NCCc2cccs2)CC1. The summed E-state index contributed by atoms with van der Waals surface area (Å²) in [4.78, 5) is 18.5. The van der Waals surface area contributed by atoms with Gasteiger partial charge in [-0.15, -0.1) is 11.3 Å². The van der Waals surface area contributed by atoms with E-state index in [4.69, 9.17) is 0 Å². The predicted molar refractivity (Wildman–Crippen MR) is 109 cm³/mol. The Morgan fingerprint density at radius 1 is 1.15 bits per heavy atom. The van der Waals surface area contributed by atoms with E-state index in [0.717, 1.165) is 45.7 Å². The lowest BCUT2D eigenvalue weighted by Gasteiger charge is -2.37. The molecule has 1 amide bonds. The van der Waals surface area contributed by atoms with Crippen molar-refractivity contribution < 1.29 is 4.79 Å². The molecule has 3 rings (SSSR count). The molecule has 0 radical (unpaired) electrons. The molecule has 0 saturated carbocycles. The van der Waals surface area contributed by atoms with E-state index < -0.39 is 0 Å². The van der Waals surface area contributed by atoms with Crippen LogP contribution in [0.1, 0.15) is 22.9 Å². The highest BCUT2D eigenvalue weighted by atomic mass is 32.1. The van der Waals surface area contributed by atoms with E-state index in [0.29, 0.717) is 0 Å². The summed E-state index contributed by atoms with van der Waals surface area (Å²) >= 11 is 1.75. The molecule has 1 fully saturated rings.